The molecule has 0 aliphatic rings. The maximum atomic E-state index is 13.7. The summed E-state index contributed by atoms with van der Waals surface area (Å²) in [5.74, 6) is -0.876. The number of benzene rings is 1. The quantitative estimate of drug-likeness (QED) is 0.911. The fourth-order valence-electron chi connectivity index (χ4n) is 1.48. The minimum atomic E-state index is -4.05. The van der Waals surface area contributed by atoms with Crippen molar-refractivity contribution < 1.29 is 12.8 Å². The van der Waals surface area contributed by atoms with E-state index in [1.165, 1.54) is 12.1 Å². The lowest BCUT2D eigenvalue weighted by Gasteiger charge is -2.06. The van der Waals surface area contributed by atoms with E-state index in [2.05, 4.69) is 14.9 Å². The van der Waals surface area contributed by atoms with E-state index >= 15 is 0 Å². The van der Waals surface area contributed by atoms with Crippen LogP contribution in [0.1, 0.15) is 12.6 Å². The van der Waals surface area contributed by atoms with Crippen LogP contribution in [0.4, 0.5) is 10.2 Å². The molecule has 0 amide bonds. The smallest absolute Gasteiger partial charge is 0.266 e. The molecular weight excluding hydrogens is 293 g/mol. The molecule has 0 fully saturated rings. The van der Waals surface area contributed by atoms with Crippen LogP contribution in [0.2, 0.25) is 5.02 Å². The maximum absolute atomic E-state index is 13.7. The normalized spacial score (nSPS) is 11.5. The Balaban J connectivity index is 2.35. The van der Waals surface area contributed by atoms with Crippen LogP contribution in [0, 0.1) is 5.82 Å². The number of aromatic amines is 1. The Hall–Kier alpha value is -1.60. The summed E-state index contributed by atoms with van der Waals surface area (Å²) >= 11 is 5.56. The maximum Gasteiger partial charge on any atom is 0.266 e. The van der Waals surface area contributed by atoms with Crippen LogP contribution in [0.15, 0.2) is 29.2 Å². The number of aryl methyl sites for hydroxylation is 1. The van der Waals surface area contributed by atoms with Crippen molar-refractivity contribution in [3.05, 3.63) is 40.8 Å². The first-order valence-corrected chi connectivity index (χ1v) is 7.31. The molecule has 1 aromatic heterocycles. The molecule has 0 aliphatic carbocycles. The van der Waals surface area contributed by atoms with Crippen molar-refractivity contribution in [2.24, 2.45) is 0 Å². The topological polar surface area (TPSA) is 74.8 Å². The number of anilines is 1. The third-order valence-electron chi connectivity index (χ3n) is 2.46. The van der Waals surface area contributed by atoms with Crippen molar-refractivity contribution in [1.82, 2.24) is 10.2 Å². The van der Waals surface area contributed by atoms with Gasteiger partial charge < -0.3 is 0 Å². The number of nitrogens with zero attached hydrogens (tertiary/aromatic N) is 1. The van der Waals surface area contributed by atoms with Crippen LogP contribution in [0.3, 0.4) is 0 Å². The van der Waals surface area contributed by atoms with Crippen molar-refractivity contribution in [3.8, 4) is 0 Å². The summed E-state index contributed by atoms with van der Waals surface area (Å²) in [4.78, 5) is -0.513. The van der Waals surface area contributed by atoms with E-state index in [1.807, 2.05) is 6.92 Å². The van der Waals surface area contributed by atoms with Gasteiger partial charge >= 0.3 is 0 Å². The number of sulfonamides is 1. The SMILES string of the molecule is CCc1cc(NS(=O)(=O)c2cccc(Cl)c2F)n[nH]1. The molecule has 0 aliphatic heterocycles. The Kier molecular flexibility index (Phi) is 3.77. The highest BCUT2D eigenvalue weighted by molar-refractivity contribution is 7.92. The summed E-state index contributed by atoms with van der Waals surface area (Å²) < 4.78 is 39.9. The number of halogens is 2. The largest absolute Gasteiger partial charge is 0.280 e. The van der Waals surface area contributed by atoms with Gasteiger partial charge in [-0.25, -0.2) is 12.8 Å². The van der Waals surface area contributed by atoms with E-state index in [0.29, 0.717) is 6.42 Å². The van der Waals surface area contributed by atoms with Gasteiger partial charge in [0.2, 0.25) is 0 Å². The van der Waals surface area contributed by atoms with Gasteiger partial charge in [-0.3, -0.25) is 9.82 Å². The van der Waals surface area contributed by atoms with E-state index in [9.17, 15) is 12.8 Å². The van der Waals surface area contributed by atoms with Gasteiger partial charge in [0, 0.05) is 11.8 Å². The van der Waals surface area contributed by atoms with Gasteiger partial charge in [0.05, 0.1) is 5.02 Å². The molecule has 0 atom stereocenters. The van der Waals surface area contributed by atoms with Crippen LogP contribution in [-0.2, 0) is 16.4 Å². The van der Waals surface area contributed by atoms with E-state index in [1.54, 1.807) is 6.07 Å². The van der Waals surface area contributed by atoms with Crippen LogP contribution < -0.4 is 4.72 Å². The number of hydrogen-bond acceptors (Lipinski definition) is 3. The Bertz CT molecular complexity index is 700. The summed E-state index contributed by atoms with van der Waals surface area (Å²) in [5, 5.41) is 6.19. The monoisotopic (exact) mass is 303 g/mol. The Labute approximate surface area is 114 Å². The molecule has 2 N–H and O–H groups in total. The first kappa shape index (κ1) is 13.8. The molecule has 1 aromatic carbocycles. The fraction of sp³-hybridized carbons (Fsp3) is 0.182. The minimum absolute atomic E-state index is 0.108. The molecule has 102 valence electrons. The van der Waals surface area contributed by atoms with Gasteiger partial charge in [-0.1, -0.05) is 24.6 Å². The van der Waals surface area contributed by atoms with Crippen LogP contribution in [-0.4, -0.2) is 18.6 Å². The third kappa shape index (κ3) is 2.87. The molecule has 2 rings (SSSR count). The predicted molar refractivity (Wildman–Crippen MR) is 70.2 cm³/mol. The fourth-order valence-corrected chi connectivity index (χ4v) is 2.80. The summed E-state index contributed by atoms with van der Waals surface area (Å²) in [6.07, 6.45) is 0.681. The number of nitrogens with one attached hydrogen (secondary N) is 2. The van der Waals surface area contributed by atoms with Gasteiger partial charge in [-0.15, -0.1) is 0 Å². The molecule has 0 radical (unpaired) electrons. The first-order valence-electron chi connectivity index (χ1n) is 5.45. The van der Waals surface area contributed by atoms with Crippen molar-refractivity contribution >= 4 is 27.4 Å². The summed E-state index contributed by atoms with van der Waals surface area (Å²) in [6.45, 7) is 1.89. The zero-order chi connectivity index (χ0) is 14.0. The van der Waals surface area contributed by atoms with Crippen LogP contribution in [0.5, 0.6) is 0 Å². The van der Waals surface area contributed by atoms with Crippen LogP contribution in [0.25, 0.3) is 0 Å². The molecule has 2 aromatic rings. The summed E-state index contributed by atoms with van der Waals surface area (Å²) in [5.41, 5.74) is 0.768. The molecule has 0 saturated heterocycles. The van der Waals surface area contributed by atoms with Gasteiger partial charge in [0.25, 0.3) is 10.0 Å². The highest BCUT2D eigenvalue weighted by atomic mass is 35.5. The third-order valence-corrected chi connectivity index (χ3v) is 4.12. The lowest BCUT2D eigenvalue weighted by molar-refractivity contribution is 0.570. The van der Waals surface area contributed by atoms with Gasteiger partial charge in [-0.05, 0) is 18.6 Å². The second-order valence-corrected chi connectivity index (χ2v) is 5.85. The first-order chi connectivity index (χ1) is 8.94. The second-order valence-electron chi connectivity index (χ2n) is 3.79. The molecular formula is C11H11ClFN3O2S. The highest BCUT2D eigenvalue weighted by Crippen LogP contribution is 2.23. The van der Waals surface area contributed by atoms with Gasteiger partial charge in [0.1, 0.15) is 4.90 Å². The number of hydrogen-bond donors (Lipinski definition) is 2. The highest BCUT2D eigenvalue weighted by Gasteiger charge is 2.21. The van der Waals surface area contributed by atoms with Crippen molar-refractivity contribution in [3.63, 3.8) is 0 Å². The molecule has 0 spiro atoms. The van der Waals surface area contributed by atoms with E-state index in [4.69, 9.17) is 11.6 Å². The van der Waals surface area contributed by atoms with Gasteiger partial charge in [0.15, 0.2) is 11.6 Å². The van der Waals surface area contributed by atoms with Crippen molar-refractivity contribution in [2.75, 3.05) is 4.72 Å². The standard InChI is InChI=1S/C11H11ClFN3O2S/c1-2-7-6-10(15-14-7)16-19(17,18)9-5-3-4-8(12)11(9)13/h3-6H,2H2,1H3,(H2,14,15,16). The lowest BCUT2D eigenvalue weighted by Crippen LogP contribution is -2.15. The Morgan fingerprint density at radius 1 is 1.47 bits per heavy atom. The molecule has 0 unspecified atom stereocenters. The van der Waals surface area contributed by atoms with Gasteiger partial charge in [-0.2, -0.15) is 5.10 Å². The van der Waals surface area contributed by atoms with E-state index in [0.717, 1.165) is 11.8 Å². The molecule has 5 nitrogen and oxygen atoms in total. The van der Waals surface area contributed by atoms with E-state index in [-0.39, 0.29) is 10.8 Å². The lowest BCUT2D eigenvalue weighted by atomic mass is 10.3. The summed E-state index contributed by atoms with van der Waals surface area (Å²) in [6, 6.07) is 5.32. The molecule has 8 heteroatoms. The minimum Gasteiger partial charge on any atom is -0.280 e. The summed E-state index contributed by atoms with van der Waals surface area (Å²) in [7, 11) is -4.05. The molecule has 0 saturated carbocycles. The molecule has 19 heavy (non-hydrogen) atoms. The number of aromatic nitrogens is 2. The van der Waals surface area contributed by atoms with Crippen LogP contribution >= 0.6 is 11.6 Å². The van der Waals surface area contributed by atoms with E-state index < -0.39 is 20.7 Å². The van der Waals surface area contributed by atoms with Crippen molar-refractivity contribution in [1.29, 1.82) is 0 Å². The average molecular weight is 304 g/mol. The zero-order valence-electron chi connectivity index (χ0n) is 9.94. The Morgan fingerprint density at radius 2 is 2.21 bits per heavy atom. The zero-order valence-corrected chi connectivity index (χ0v) is 11.5. The average Bonchev–Trinajstić information content (AvgIpc) is 2.79. The Morgan fingerprint density at radius 3 is 2.84 bits per heavy atom. The predicted octanol–water partition coefficient (Wildman–Crippen LogP) is 2.57. The molecule has 1 heterocycles. The number of rotatable bonds is 4. The van der Waals surface area contributed by atoms with Crippen molar-refractivity contribution in [2.45, 2.75) is 18.2 Å². The number of H-pyrrole nitrogens is 1. The second kappa shape index (κ2) is 5.18. The molecule has 0 bridgehead atoms.